The topological polar surface area (TPSA) is 26.3 Å². The third-order valence-electron chi connectivity index (χ3n) is 3.37. The van der Waals surface area contributed by atoms with Crippen LogP contribution in [0.3, 0.4) is 0 Å². The predicted molar refractivity (Wildman–Crippen MR) is 53.3 cm³/mol. The minimum Gasteiger partial charge on any atom is -0.456 e. The van der Waals surface area contributed by atoms with Gasteiger partial charge in [-0.05, 0) is 38.0 Å². The SMILES string of the molecule is CCOC(=O)C#CC1CC2CCC1C2. The molecule has 0 radical (unpaired) electrons. The molecule has 76 valence electrons. The first kappa shape index (κ1) is 9.58. The van der Waals surface area contributed by atoms with Gasteiger partial charge in [-0.3, -0.25) is 0 Å². The van der Waals surface area contributed by atoms with E-state index in [-0.39, 0.29) is 5.97 Å². The normalized spacial score (nSPS) is 33.6. The molecular weight excluding hydrogens is 176 g/mol. The highest BCUT2D eigenvalue weighted by molar-refractivity contribution is 5.88. The predicted octanol–water partition coefficient (Wildman–Crippen LogP) is 1.99. The van der Waals surface area contributed by atoms with Crippen LogP contribution in [0.1, 0.15) is 32.6 Å². The van der Waals surface area contributed by atoms with Gasteiger partial charge in [0.25, 0.3) is 0 Å². The lowest BCUT2D eigenvalue weighted by Gasteiger charge is -2.15. The molecule has 2 heteroatoms. The summed E-state index contributed by atoms with van der Waals surface area (Å²) in [6, 6.07) is 0. The van der Waals surface area contributed by atoms with Crippen LogP contribution in [0.4, 0.5) is 0 Å². The molecule has 0 aliphatic heterocycles. The van der Waals surface area contributed by atoms with E-state index in [1.165, 1.54) is 25.7 Å². The third-order valence-corrected chi connectivity index (χ3v) is 3.37. The smallest absolute Gasteiger partial charge is 0.384 e. The van der Waals surface area contributed by atoms with E-state index in [1.807, 2.05) is 0 Å². The Bertz CT molecular complexity index is 284. The Morgan fingerprint density at radius 2 is 2.29 bits per heavy atom. The zero-order valence-electron chi connectivity index (χ0n) is 8.58. The van der Waals surface area contributed by atoms with Crippen molar-refractivity contribution in [2.75, 3.05) is 6.61 Å². The molecule has 0 aromatic rings. The largest absolute Gasteiger partial charge is 0.456 e. The first-order chi connectivity index (χ1) is 6.79. The summed E-state index contributed by atoms with van der Waals surface area (Å²) < 4.78 is 4.77. The molecule has 0 N–H and O–H groups in total. The van der Waals surface area contributed by atoms with Crippen molar-refractivity contribution >= 4 is 5.97 Å². The second-order valence-corrected chi connectivity index (χ2v) is 4.27. The monoisotopic (exact) mass is 192 g/mol. The Morgan fingerprint density at radius 3 is 2.86 bits per heavy atom. The molecule has 2 rings (SSSR count). The molecule has 3 unspecified atom stereocenters. The third kappa shape index (κ3) is 1.92. The zero-order chi connectivity index (χ0) is 9.97. The number of carbonyl (C=O) groups is 1. The number of rotatable bonds is 1. The second kappa shape index (κ2) is 4.04. The molecule has 2 bridgehead atoms. The van der Waals surface area contributed by atoms with Crippen LogP contribution in [-0.2, 0) is 9.53 Å². The van der Waals surface area contributed by atoms with Crippen LogP contribution in [0.5, 0.6) is 0 Å². The molecule has 14 heavy (non-hydrogen) atoms. The summed E-state index contributed by atoms with van der Waals surface area (Å²) in [7, 11) is 0. The Kier molecular flexibility index (Phi) is 2.77. The molecule has 2 fully saturated rings. The number of hydrogen-bond donors (Lipinski definition) is 0. The van der Waals surface area contributed by atoms with E-state index in [4.69, 9.17) is 4.74 Å². The molecule has 0 spiro atoms. The van der Waals surface area contributed by atoms with Gasteiger partial charge < -0.3 is 4.74 Å². The molecule has 0 aromatic heterocycles. The molecule has 0 aromatic carbocycles. The highest BCUT2D eigenvalue weighted by Crippen LogP contribution is 2.47. The van der Waals surface area contributed by atoms with Gasteiger partial charge in [0, 0.05) is 11.8 Å². The van der Waals surface area contributed by atoms with Gasteiger partial charge in [-0.25, -0.2) is 4.79 Å². The fourth-order valence-corrected chi connectivity index (χ4v) is 2.74. The molecule has 2 aliphatic carbocycles. The Balaban J connectivity index is 1.88. The van der Waals surface area contributed by atoms with Gasteiger partial charge in [-0.15, -0.1) is 0 Å². The number of ether oxygens (including phenoxy) is 1. The summed E-state index contributed by atoms with van der Waals surface area (Å²) in [4.78, 5) is 11.0. The first-order valence-corrected chi connectivity index (χ1v) is 5.48. The lowest BCUT2D eigenvalue weighted by molar-refractivity contribution is -0.136. The summed E-state index contributed by atoms with van der Waals surface area (Å²) in [5.41, 5.74) is 0. The molecule has 0 heterocycles. The van der Waals surface area contributed by atoms with Gasteiger partial charge in [0.15, 0.2) is 0 Å². The van der Waals surface area contributed by atoms with E-state index in [1.54, 1.807) is 6.92 Å². The van der Waals surface area contributed by atoms with E-state index in [9.17, 15) is 4.79 Å². The summed E-state index contributed by atoms with van der Waals surface area (Å²) in [5.74, 6) is 7.43. The Hall–Kier alpha value is -0.970. The minimum absolute atomic E-state index is 0.365. The summed E-state index contributed by atoms with van der Waals surface area (Å²) in [6.45, 7) is 2.22. The average Bonchev–Trinajstić information content (AvgIpc) is 2.76. The van der Waals surface area contributed by atoms with Crippen LogP contribution in [-0.4, -0.2) is 12.6 Å². The van der Waals surface area contributed by atoms with Gasteiger partial charge >= 0.3 is 5.97 Å². The van der Waals surface area contributed by atoms with Crippen molar-refractivity contribution in [3.8, 4) is 11.8 Å². The fourth-order valence-electron chi connectivity index (χ4n) is 2.74. The van der Waals surface area contributed by atoms with Crippen molar-refractivity contribution in [3.05, 3.63) is 0 Å². The zero-order valence-corrected chi connectivity index (χ0v) is 8.58. The van der Waals surface area contributed by atoms with Crippen molar-refractivity contribution in [1.82, 2.24) is 0 Å². The number of esters is 1. The van der Waals surface area contributed by atoms with E-state index >= 15 is 0 Å². The Labute approximate surface area is 85.0 Å². The summed E-state index contributed by atoms with van der Waals surface area (Å²) in [5, 5.41) is 0. The number of hydrogen-bond acceptors (Lipinski definition) is 2. The summed E-state index contributed by atoms with van der Waals surface area (Å²) >= 11 is 0. The highest BCUT2D eigenvalue weighted by Gasteiger charge is 2.38. The van der Waals surface area contributed by atoms with Gasteiger partial charge in [0.2, 0.25) is 0 Å². The van der Waals surface area contributed by atoms with Crippen LogP contribution in [0, 0.1) is 29.6 Å². The maximum atomic E-state index is 11.0. The van der Waals surface area contributed by atoms with Crippen LogP contribution < -0.4 is 0 Å². The number of carbonyl (C=O) groups excluding carboxylic acids is 1. The average molecular weight is 192 g/mol. The standard InChI is InChI=1S/C12H16O2/c1-2-14-12(13)6-5-11-8-9-3-4-10(11)7-9/h9-11H,2-4,7-8H2,1H3. The van der Waals surface area contributed by atoms with Crippen molar-refractivity contribution in [2.24, 2.45) is 17.8 Å². The van der Waals surface area contributed by atoms with E-state index in [0.717, 1.165) is 11.8 Å². The van der Waals surface area contributed by atoms with Gasteiger partial charge in [-0.2, -0.15) is 0 Å². The first-order valence-electron chi connectivity index (χ1n) is 5.48. The summed E-state index contributed by atoms with van der Waals surface area (Å²) in [6.07, 6.45) is 5.23. The van der Waals surface area contributed by atoms with Crippen molar-refractivity contribution < 1.29 is 9.53 Å². The lowest BCUT2D eigenvalue weighted by atomic mass is 9.89. The van der Waals surface area contributed by atoms with Gasteiger partial charge in [0.05, 0.1) is 6.61 Å². The van der Waals surface area contributed by atoms with Crippen LogP contribution in [0.25, 0.3) is 0 Å². The molecular formula is C12H16O2. The maximum absolute atomic E-state index is 11.0. The van der Waals surface area contributed by atoms with Crippen LogP contribution >= 0.6 is 0 Å². The van der Waals surface area contributed by atoms with Gasteiger partial charge in [0.1, 0.15) is 0 Å². The van der Waals surface area contributed by atoms with Crippen molar-refractivity contribution in [3.63, 3.8) is 0 Å². The van der Waals surface area contributed by atoms with E-state index in [2.05, 4.69) is 11.8 Å². The molecule has 2 nitrogen and oxygen atoms in total. The molecule has 3 atom stereocenters. The minimum atomic E-state index is -0.365. The van der Waals surface area contributed by atoms with E-state index < -0.39 is 0 Å². The van der Waals surface area contributed by atoms with E-state index in [0.29, 0.717) is 12.5 Å². The molecule has 0 saturated heterocycles. The number of fused-ring (bicyclic) bond motifs is 2. The highest BCUT2D eigenvalue weighted by atomic mass is 16.5. The lowest BCUT2D eigenvalue weighted by Crippen LogP contribution is -2.09. The molecule has 2 aliphatic rings. The maximum Gasteiger partial charge on any atom is 0.384 e. The molecule has 0 amide bonds. The quantitative estimate of drug-likeness (QED) is 0.361. The van der Waals surface area contributed by atoms with Crippen LogP contribution in [0.2, 0.25) is 0 Å². The van der Waals surface area contributed by atoms with Crippen molar-refractivity contribution in [1.29, 1.82) is 0 Å². The van der Waals surface area contributed by atoms with Gasteiger partial charge in [-0.1, -0.05) is 12.3 Å². The second-order valence-electron chi connectivity index (χ2n) is 4.27. The molecule has 2 saturated carbocycles. The fraction of sp³-hybridized carbons (Fsp3) is 0.750. The Morgan fingerprint density at radius 1 is 1.43 bits per heavy atom. The van der Waals surface area contributed by atoms with Crippen molar-refractivity contribution in [2.45, 2.75) is 32.6 Å². The van der Waals surface area contributed by atoms with Crippen LogP contribution in [0.15, 0.2) is 0 Å².